The Bertz CT molecular complexity index is 689. The fourth-order valence-corrected chi connectivity index (χ4v) is 2.54. The lowest BCUT2D eigenvalue weighted by Gasteiger charge is -2.16. The van der Waals surface area contributed by atoms with Crippen molar-refractivity contribution in [3.8, 4) is 17.3 Å². The highest BCUT2D eigenvalue weighted by Crippen LogP contribution is 2.20. The van der Waals surface area contributed by atoms with Crippen LogP contribution >= 0.6 is 0 Å². The molecule has 1 aromatic carbocycles. The number of benzene rings is 1. The van der Waals surface area contributed by atoms with Crippen LogP contribution in [0.1, 0.15) is 16.8 Å². The standard InChI is InChI=1S/C16H18N4O2/c1-22-14-5-7-18-15(19-14)11-3-2-4-12(9-11)16(21)20-8-6-13(17)10-20/h2-5,7,9,13H,6,8,10,17H2,1H3/t13-/m0/s1. The van der Waals surface area contributed by atoms with Crippen LogP contribution in [-0.4, -0.2) is 47.0 Å². The molecule has 0 saturated carbocycles. The number of nitrogens with two attached hydrogens (primary N) is 1. The molecule has 3 rings (SSSR count). The number of rotatable bonds is 3. The summed E-state index contributed by atoms with van der Waals surface area (Å²) in [5.74, 6) is 1.03. The Hall–Kier alpha value is -2.47. The molecule has 2 heterocycles. The highest BCUT2D eigenvalue weighted by molar-refractivity contribution is 5.95. The van der Waals surface area contributed by atoms with E-state index in [1.54, 1.807) is 36.4 Å². The van der Waals surface area contributed by atoms with Crippen molar-refractivity contribution in [2.45, 2.75) is 12.5 Å². The first kappa shape index (κ1) is 14.5. The molecule has 0 radical (unpaired) electrons. The highest BCUT2D eigenvalue weighted by Gasteiger charge is 2.24. The molecule has 1 aliphatic heterocycles. The van der Waals surface area contributed by atoms with Gasteiger partial charge in [-0.1, -0.05) is 12.1 Å². The van der Waals surface area contributed by atoms with Gasteiger partial charge in [0.05, 0.1) is 7.11 Å². The summed E-state index contributed by atoms with van der Waals surface area (Å²) in [7, 11) is 1.56. The first-order valence-electron chi connectivity index (χ1n) is 7.19. The summed E-state index contributed by atoms with van der Waals surface area (Å²) in [5, 5.41) is 0. The lowest BCUT2D eigenvalue weighted by molar-refractivity contribution is 0.0791. The smallest absolute Gasteiger partial charge is 0.253 e. The van der Waals surface area contributed by atoms with Gasteiger partial charge in [0.25, 0.3) is 5.91 Å². The maximum atomic E-state index is 12.5. The molecule has 0 unspecified atom stereocenters. The van der Waals surface area contributed by atoms with E-state index >= 15 is 0 Å². The third kappa shape index (κ3) is 2.92. The molecular weight excluding hydrogens is 280 g/mol. The number of methoxy groups -OCH3 is 1. The number of hydrogen-bond acceptors (Lipinski definition) is 5. The molecule has 1 atom stereocenters. The number of aromatic nitrogens is 2. The van der Waals surface area contributed by atoms with Crippen LogP contribution in [0.3, 0.4) is 0 Å². The molecule has 0 aliphatic carbocycles. The van der Waals surface area contributed by atoms with E-state index in [9.17, 15) is 4.79 Å². The topological polar surface area (TPSA) is 81.3 Å². The average molecular weight is 298 g/mol. The minimum Gasteiger partial charge on any atom is -0.481 e. The molecule has 6 heteroatoms. The molecule has 22 heavy (non-hydrogen) atoms. The molecule has 1 aromatic heterocycles. The molecule has 0 spiro atoms. The highest BCUT2D eigenvalue weighted by atomic mass is 16.5. The number of nitrogens with zero attached hydrogens (tertiary/aromatic N) is 3. The first-order valence-corrected chi connectivity index (χ1v) is 7.19. The van der Waals surface area contributed by atoms with Crippen molar-refractivity contribution >= 4 is 5.91 Å². The van der Waals surface area contributed by atoms with Crippen molar-refractivity contribution in [1.29, 1.82) is 0 Å². The minimum absolute atomic E-state index is 0.00213. The number of likely N-dealkylation sites (tertiary alicyclic amines) is 1. The molecule has 2 aromatic rings. The van der Waals surface area contributed by atoms with Crippen LogP contribution in [0, 0.1) is 0 Å². The number of carbonyl (C=O) groups excluding carboxylic acids is 1. The van der Waals surface area contributed by atoms with Crippen LogP contribution < -0.4 is 10.5 Å². The molecule has 6 nitrogen and oxygen atoms in total. The van der Waals surface area contributed by atoms with Crippen molar-refractivity contribution in [1.82, 2.24) is 14.9 Å². The molecule has 114 valence electrons. The van der Waals surface area contributed by atoms with Crippen molar-refractivity contribution in [2.75, 3.05) is 20.2 Å². The fourth-order valence-electron chi connectivity index (χ4n) is 2.54. The van der Waals surface area contributed by atoms with Gasteiger partial charge in [-0.05, 0) is 18.6 Å². The second-order valence-electron chi connectivity index (χ2n) is 5.30. The van der Waals surface area contributed by atoms with Crippen LogP contribution in [0.5, 0.6) is 5.88 Å². The largest absolute Gasteiger partial charge is 0.481 e. The molecule has 1 fully saturated rings. The Morgan fingerprint density at radius 3 is 3.00 bits per heavy atom. The summed E-state index contributed by atoms with van der Waals surface area (Å²) >= 11 is 0. The first-order chi connectivity index (χ1) is 10.7. The fraction of sp³-hybridized carbons (Fsp3) is 0.312. The lowest BCUT2D eigenvalue weighted by atomic mass is 10.1. The second kappa shape index (κ2) is 6.11. The summed E-state index contributed by atoms with van der Waals surface area (Å²) in [6.07, 6.45) is 2.49. The van der Waals surface area contributed by atoms with E-state index < -0.39 is 0 Å². The van der Waals surface area contributed by atoms with Gasteiger partial charge < -0.3 is 15.4 Å². The van der Waals surface area contributed by atoms with Gasteiger partial charge in [-0.15, -0.1) is 0 Å². The Morgan fingerprint density at radius 1 is 1.41 bits per heavy atom. The SMILES string of the molecule is COc1ccnc(-c2cccc(C(=O)N3CC[C@H](N)C3)c2)n1. The third-order valence-electron chi connectivity index (χ3n) is 3.72. The van der Waals surface area contributed by atoms with E-state index in [2.05, 4.69) is 9.97 Å². The Balaban J connectivity index is 1.87. The van der Waals surface area contributed by atoms with Crippen LogP contribution in [0.4, 0.5) is 0 Å². The predicted molar refractivity (Wildman–Crippen MR) is 82.5 cm³/mol. The van der Waals surface area contributed by atoms with Gasteiger partial charge in [-0.25, -0.2) is 4.98 Å². The van der Waals surface area contributed by atoms with Crippen molar-refractivity contribution in [3.63, 3.8) is 0 Å². The lowest BCUT2D eigenvalue weighted by Crippen LogP contribution is -2.31. The second-order valence-corrected chi connectivity index (χ2v) is 5.30. The monoisotopic (exact) mass is 298 g/mol. The zero-order valence-corrected chi connectivity index (χ0v) is 12.4. The van der Waals surface area contributed by atoms with Crippen molar-refractivity contribution in [2.24, 2.45) is 5.73 Å². The van der Waals surface area contributed by atoms with E-state index in [4.69, 9.17) is 10.5 Å². The molecule has 0 bridgehead atoms. The molecule has 1 aliphatic rings. The summed E-state index contributed by atoms with van der Waals surface area (Å²) < 4.78 is 5.11. The molecule has 2 N–H and O–H groups in total. The number of amides is 1. The van der Waals surface area contributed by atoms with Gasteiger partial charge in [-0.3, -0.25) is 4.79 Å². The summed E-state index contributed by atoms with van der Waals surface area (Å²) in [5.41, 5.74) is 7.27. The maximum Gasteiger partial charge on any atom is 0.253 e. The van der Waals surface area contributed by atoms with Crippen LogP contribution in [0.15, 0.2) is 36.5 Å². The summed E-state index contributed by atoms with van der Waals surface area (Å²) in [6.45, 7) is 1.32. The Labute approximate surface area is 128 Å². The zero-order valence-electron chi connectivity index (χ0n) is 12.4. The molecular formula is C16H18N4O2. The maximum absolute atomic E-state index is 12.5. The number of carbonyl (C=O) groups is 1. The van der Waals surface area contributed by atoms with Gasteiger partial charge in [0.2, 0.25) is 5.88 Å². The number of ether oxygens (including phenoxy) is 1. The van der Waals surface area contributed by atoms with E-state index in [-0.39, 0.29) is 11.9 Å². The minimum atomic E-state index is -0.00213. The van der Waals surface area contributed by atoms with Crippen LogP contribution in [-0.2, 0) is 0 Å². The zero-order chi connectivity index (χ0) is 15.5. The van der Waals surface area contributed by atoms with Crippen molar-refractivity contribution < 1.29 is 9.53 Å². The van der Waals surface area contributed by atoms with Crippen LogP contribution in [0.25, 0.3) is 11.4 Å². The van der Waals surface area contributed by atoms with Gasteiger partial charge in [0.15, 0.2) is 5.82 Å². The van der Waals surface area contributed by atoms with E-state index in [1.165, 1.54) is 0 Å². The van der Waals surface area contributed by atoms with Crippen molar-refractivity contribution in [3.05, 3.63) is 42.1 Å². The van der Waals surface area contributed by atoms with E-state index in [0.717, 1.165) is 12.0 Å². The van der Waals surface area contributed by atoms with Gasteiger partial charge >= 0.3 is 0 Å². The Morgan fingerprint density at radius 2 is 2.27 bits per heavy atom. The predicted octanol–water partition coefficient (Wildman–Crippen LogP) is 1.33. The van der Waals surface area contributed by atoms with Crippen LogP contribution in [0.2, 0.25) is 0 Å². The number of hydrogen-bond donors (Lipinski definition) is 1. The summed E-state index contributed by atoms with van der Waals surface area (Å²) in [4.78, 5) is 22.8. The van der Waals surface area contributed by atoms with E-state index in [0.29, 0.717) is 30.4 Å². The Kier molecular flexibility index (Phi) is 4.02. The third-order valence-corrected chi connectivity index (χ3v) is 3.72. The quantitative estimate of drug-likeness (QED) is 0.924. The average Bonchev–Trinajstić information content (AvgIpc) is 3.01. The molecule has 1 amide bonds. The van der Waals surface area contributed by atoms with Gasteiger partial charge in [0, 0.05) is 42.5 Å². The molecule has 1 saturated heterocycles. The van der Waals surface area contributed by atoms with Gasteiger partial charge in [0.1, 0.15) is 0 Å². The van der Waals surface area contributed by atoms with Gasteiger partial charge in [-0.2, -0.15) is 4.98 Å². The summed E-state index contributed by atoms with van der Waals surface area (Å²) in [6, 6.07) is 9.08. The van der Waals surface area contributed by atoms with E-state index in [1.807, 2.05) is 12.1 Å². The normalized spacial score (nSPS) is 17.5.